The van der Waals surface area contributed by atoms with Crippen LogP contribution in [-0.4, -0.2) is 30.1 Å². The third-order valence-corrected chi connectivity index (χ3v) is 4.05. The van der Waals surface area contributed by atoms with Gasteiger partial charge in [-0.05, 0) is 46.2 Å². The van der Waals surface area contributed by atoms with Gasteiger partial charge in [0, 0.05) is 29.7 Å². The summed E-state index contributed by atoms with van der Waals surface area (Å²) in [5, 5.41) is 9.89. The van der Waals surface area contributed by atoms with Gasteiger partial charge in [-0.1, -0.05) is 36.4 Å². The molecule has 0 bridgehead atoms. The zero-order valence-corrected chi connectivity index (χ0v) is 14.7. The molecule has 0 saturated heterocycles. The third-order valence-electron chi connectivity index (χ3n) is 4.05. The smallest absolute Gasteiger partial charge is 0.248 e. The van der Waals surface area contributed by atoms with Crippen molar-refractivity contribution in [2.75, 3.05) is 13.1 Å². The minimum absolute atomic E-state index is 0.0381. The first kappa shape index (κ1) is 17.7. The van der Waals surface area contributed by atoms with Crippen LogP contribution in [0.3, 0.4) is 0 Å². The van der Waals surface area contributed by atoms with Crippen molar-refractivity contribution in [1.29, 1.82) is 0 Å². The van der Waals surface area contributed by atoms with Gasteiger partial charge in [0.05, 0.1) is 0 Å². The maximum absolute atomic E-state index is 12.4. The van der Waals surface area contributed by atoms with E-state index in [9.17, 15) is 4.79 Å². The minimum atomic E-state index is -0.279. The quantitative estimate of drug-likeness (QED) is 0.677. The van der Waals surface area contributed by atoms with E-state index in [1.54, 1.807) is 0 Å². The Bertz CT molecular complexity index is 561. The third kappa shape index (κ3) is 5.19. The van der Waals surface area contributed by atoms with E-state index in [1.165, 1.54) is 5.56 Å². The first-order valence-electron chi connectivity index (χ1n) is 8.36. The Morgan fingerprint density at radius 3 is 2.39 bits per heavy atom. The largest absolute Gasteiger partial charge is 0.352 e. The molecule has 2 rings (SSSR count). The topological polar surface area (TPSA) is 53.2 Å². The highest BCUT2D eigenvalue weighted by Gasteiger charge is 2.39. The van der Waals surface area contributed by atoms with Gasteiger partial charge in [0.25, 0.3) is 0 Å². The van der Waals surface area contributed by atoms with Gasteiger partial charge >= 0.3 is 0 Å². The second kappa shape index (κ2) is 7.28. The minimum Gasteiger partial charge on any atom is -0.352 e. The Labute approximate surface area is 139 Å². The molecule has 4 heteroatoms. The van der Waals surface area contributed by atoms with Crippen LogP contribution in [0, 0.1) is 0 Å². The summed E-state index contributed by atoms with van der Waals surface area (Å²) in [4.78, 5) is 12.4. The number of amides is 1. The molecule has 4 nitrogen and oxygen atoms in total. The first-order chi connectivity index (χ1) is 10.8. The number of hydrogen-bond acceptors (Lipinski definition) is 3. The number of carbonyl (C=O) groups excluding carboxylic acids is 1. The molecule has 0 aliphatic carbocycles. The standard InChI is InChI=1S/C19H29N3O/c1-18(2)13-16(19(3,4)22-18)17(23)21-12-8-11-20-14-15-9-6-5-7-10-15/h5-7,9-10,13,20,22H,8,11-12,14H2,1-4H3,(H,21,23). The summed E-state index contributed by atoms with van der Waals surface area (Å²) in [5.74, 6) is 0.0381. The van der Waals surface area contributed by atoms with Crippen molar-refractivity contribution in [3.63, 3.8) is 0 Å². The number of benzene rings is 1. The molecule has 0 atom stereocenters. The van der Waals surface area contributed by atoms with Gasteiger partial charge in [-0.25, -0.2) is 0 Å². The predicted octanol–water partition coefficient (Wildman–Crippen LogP) is 2.37. The zero-order chi connectivity index (χ0) is 16.9. The lowest BCUT2D eigenvalue weighted by molar-refractivity contribution is -0.118. The van der Waals surface area contributed by atoms with Gasteiger partial charge in [-0.15, -0.1) is 0 Å². The van der Waals surface area contributed by atoms with Gasteiger partial charge in [-0.2, -0.15) is 0 Å². The number of rotatable bonds is 7. The highest BCUT2D eigenvalue weighted by atomic mass is 16.1. The van der Waals surface area contributed by atoms with Crippen LogP contribution >= 0.6 is 0 Å². The SMILES string of the molecule is CC1(C)C=C(C(=O)NCCCNCc2ccccc2)C(C)(C)N1. The summed E-state index contributed by atoms with van der Waals surface area (Å²) in [6, 6.07) is 10.3. The summed E-state index contributed by atoms with van der Waals surface area (Å²) in [7, 11) is 0. The van der Waals surface area contributed by atoms with E-state index in [0.29, 0.717) is 6.54 Å². The fraction of sp³-hybridized carbons (Fsp3) is 0.526. The van der Waals surface area contributed by atoms with Crippen LogP contribution in [0.4, 0.5) is 0 Å². The summed E-state index contributed by atoms with van der Waals surface area (Å²) >= 11 is 0. The maximum Gasteiger partial charge on any atom is 0.248 e. The van der Waals surface area contributed by atoms with Gasteiger partial charge in [0.1, 0.15) is 0 Å². The maximum atomic E-state index is 12.4. The van der Waals surface area contributed by atoms with Crippen LogP contribution in [0.15, 0.2) is 42.0 Å². The van der Waals surface area contributed by atoms with Crippen LogP contribution in [-0.2, 0) is 11.3 Å². The Morgan fingerprint density at radius 1 is 1.09 bits per heavy atom. The Morgan fingerprint density at radius 2 is 1.78 bits per heavy atom. The van der Waals surface area contributed by atoms with Crippen molar-refractivity contribution in [2.45, 2.75) is 51.7 Å². The van der Waals surface area contributed by atoms with Crippen LogP contribution in [0.5, 0.6) is 0 Å². The van der Waals surface area contributed by atoms with E-state index in [1.807, 2.05) is 24.3 Å². The van der Waals surface area contributed by atoms with Crippen LogP contribution in [0.1, 0.15) is 39.7 Å². The number of nitrogens with one attached hydrogen (secondary N) is 3. The molecule has 1 aromatic rings. The molecule has 0 unspecified atom stereocenters. The van der Waals surface area contributed by atoms with E-state index >= 15 is 0 Å². The lowest BCUT2D eigenvalue weighted by atomic mass is 9.96. The van der Waals surface area contributed by atoms with Crippen molar-refractivity contribution >= 4 is 5.91 Å². The Balaban J connectivity index is 1.67. The molecule has 1 amide bonds. The van der Waals surface area contributed by atoms with Crippen molar-refractivity contribution in [2.24, 2.45) is 0 Å². The summed E-state index contributed by atoms with van der Waals surface area (Å²) in [5.41, 5.74) is 1.70. The molecule has 0 aromatic heterocycles. The molecule has 23 heavy (non-hydrogen) atoms. The first-order valence-corrected chi connectivity index (χ1v) is 8.36. The van der Waals surface area contributed by atoms with E-state index in [0.717, 1.165) is 25.1 Å². The molecule has 0 spiro atoms. The van der Waals surface area contributed by atoms with Crippen LogP contribution in [0.25, 0.3) is 0 Å². The van der Waals surface area contributed by atoms with Crippen molar-refractivity contribution in [3.8, 4) is 0 Å². The van der Waals surface area contributed by atoms with Crippen molar-refractivity contribution in [3.05, 3.63) is 47.5 Å². The molecular formula is C19H29N3O. The lowest BCUT2D eigenvalue weighted by Gasteiger charge is -2.27. The Kier molecular flexibility index (Phi) is 5.60. The fourth-order valence-electron chi connectivity index (χ4n) is 3.14. The van der Waals surface area contributed by atoms with E-state index in [-0.39, 0.29) is 17.0 Å². The second-order valence-electron chi connectivity index (χ2n) is 7.30. The average molecular weight is 315 g/mol. The molecule has 126 valence electrons. The van der Waals surface area contributed by atoms with E-state index in [4.69, 9.17) is 0 Å². The molecule has 0 saturated carbocycles. The highest BCUT2D eigenvalue weighted by Crippen LogP contribution is 2.29. The van der Waals surface area contributed by atoms with Gasteiger partial charge < -0.3 is 10.6 Å². The van der Waals surface area contributed by atoms with Gasteiger partial charge in [-0.3, -0.25) is 10.1 Å². The summed E-state index contributed by atoms with van der Waals surface area (Å²) < 4.78 is 0. The van der Waals surface area contributed by atoms with E-state index in [2.05, 4.69) is 55.8 Å². The number of carbonyl (C=O) groups is 1. The zero-order valence-electron chi connectivity index (χ0n) is 14.7. The number of hydrogen-bond donors (Lipinski definition) is 3. The fourth-order valence-corrected chi connectivity index (χ4v) is 3.14. The highest BCUT2D eigenvalue weighted by molar-refractivity contribution is 5.96. The predicted molar refractivity (Wildman–Crippen MR) is 95.2 cm³/mol. The second-order valence-corrected chi connectivity index (χ2v) is 7.30. The van der Waals surface area contributed by atoms with Crippen LogP contribution in [0.2, 0.25) is 0 Å². The molecule has 1 aliphatic heterocycles. The normalized spacial score (nSPS) is 18.5. The van der Waals surface area contributed by atoms with Crippen molar-refractivity contribution in [1.82, 2.24) is 16.0 Å². The molecular weight excluding hydrogens is 286 g/mol. The van der Waals surface area contributed by atoms with Crippen molar-refractivity contribution < 1.29 is 4.79 Å². The molecule has 0 fully saturated rings. The lowest BCUT2D eigenvalue weighted by Crippen LogP contribution is -2.47. The molecule has 3 N–H and O–H groups in total. The van der Waals surface area contributed by atoms with Gasteiger partial charge in [0.15, 0.2) is 0 Å². The van der Waals surface area contributed by atoms with E-state index < -0.39 is 0 Å². The average Bonchev–Trinajstić information content (AvgIpc) is 2.71. The monoisotopic (exact) mass is 315 g/mol. The molecule has 0 radical (unpaired) electrons. The molecule has 1 aromatic carbocycles. The van der Waals surface area contributed by atoms with Crippen LogP contribution < -0.4 is 16.0 Å². The summed E-state index contributed by atoms with van der Waals surface area (Å²) in [6.07, 6.45) is 2.96. The Hall–Kier alpha value is -1.65. The molecule has 1 aliphatic rings. The molecule has 1 heterocycles. The van der Waals surface area contributed by atoms with Gasteiger partial charge in [0.2, 0.25) is 5.91 Å². The summed E-state index contributed by atoms with van der Waals surface area (Å²) in [6.45, 7) is 10.7.